The van der Waals surface area contributed by atoms with Gasteiger partial charge in [0.25, 0.3) is 10.0 Å². The zero-order valence-corrected chi connectivity index (χ0v) is 24.6. The van der Waals surface area contributed by atoms with Crippen molar-refractivity contribution in [2.45, 2.75) is 51.1 Å². The maximum absolute atomic E-state index is 13.9. The number of hydrogen-bond acceptors (Lipinski definition) is 5. The van der Waals surface area contributed by atoms with E-state index in [1.807, 2.05) is 13.8 Å². The van der Waals surface area contributed by atoms with Gasteiger partial charge in [0.1, 0.15) is 18.3 Å². The van der Waals surface area contributed by atoms with Crippen molar-refractivity contribution < 1.29 is 22.7 Å². The quantitative estimate of drug-likeness (QED) is 0.260. The van der Waals surface area contributed by atoms with Gasteiger partial charge in [-0.3, -0.25) is 13.9 Å². The fourth-order valence-corrected chi connectivity index (χ4v) is 5.72. The molecule has 40 heavy (non-hydrogen) atoms. The molecule has 0 unspecified atom stereocenters. The van der Waals surface area contributed by atoms with Crippen molar-refractivity contribution in [2.75, 3.05) is 24.0 Å². The van der Waals surface area contributed by atoms with Crippen LogP contribution >= 0.6 is 11.6 Å². The SMILES string of the molecule is CCCCNC(=O)[C@@H](C)N(Cc1cccc(Cl)c1)C(=O)CN(c1ccc(OCC)cc1)S(=O)(=O)c1ccccc1. The van der Waals surface area contributed by atoms with Crippen molar-refractivity contribution in [1.82, 2.24) is 10.2 Å². The molecule has 0 aliphatic carbocycles. The summed E-state index contributed by atoms with van der Waals surface area (Å²) in [5, 5.41) is 3.36. The third kappa shape index (κ3) is 8.22. The number of carbonyl (C=O) groups is 2. The van der Waals surface area contributed by atoms with Crippen LogP contribution in [0.5, 0.6) is 5.75 Å². The van der Waals surface area contributed by atoms with E-state index in [0.717, 1.165) is 17.1 Å². The standard InChI is InChI=1S/C30H36ClN3O5S/c1-4-6-19-32-30(36)23(3)33(21-24-11-10-12-25(31)20-24)29(35)22-34(26-15-17-27(18-16-26)39-5-2)40(37,38)28-13-8-7-9-14-28/h7-18,20,23H,4-6,19,21-22H2,1-3H3,(H,32,36)/t23-/m1/s1. The summed E-state index contributed by atoms with van der Waals surface area (Å²) in [4.78, 5) is 28.4. The van der Waals surface area contributed by atoms with Crippen molar-refractivity contribution in [2.24, 2.45) is 0 Å². The van der Waals surface area contributed by atoms with Crippen LogP contribution in [0.4, 0.5) is 5.69 Å². The van der Waals surface area contributed by atoms with Crippen LogP contribution < -0.4 is 14.4 Å². The van der Waals surface area contributed by atoms with Crippen LogP contribution in [0, 0.1) is 0 Å². The Kier molecular flexibility index (Phi) is 11.4. The smallest absolute Gasteiger partial charge is 0.264 e. The van der Waals surface area contributed by atoms with Gasteiger partial charge in [-0.05, 0) is 74.4 Å². The van der Waals surface area contributed by atoms with E-state index in [1.165, 1.54) is 17.0 Å². The van der Waals surface area contributed by atoms with Crippen molar-refractivity contribution >= 4 is 39.1 Å². The highest BCUT2D eigenvalue weighted by molar-refractivity contribution is 7.92. The number of rotatable bonds is 14. The molecular weight excluding hydrogens is 550 g/mol. The average molecular weight is 586 g/mol. The summed E-state index contributed by atoms with van der Waals surface area (Å²) in [5.74, 6) is -0.275. The molecule has 1 atom stereocenters. The van der Waals surface area contributed by atoms with E-state index in [0.29, 0.717) is 35.2 Å². The van der Waals surface area contributed by atoms with E-state index in [-0.39, 0.29) is 17.3 Å². The van der Waals surface area contributed by atoms with Gasteiger partial charge in [0.05, 0.1) is 17.2 Å². The number of ether oxygens (including phenoxy) is 1. The Morgan fingerprint density at radius 2 is 1.68 bits per heavy atom. The average Bonchev–Trinajstić information content (AvgIpc) is 2.95. The van der Waals surface area contributed by atoms with Gasteiger partial charge < -0.3 is 15.0 Å². The summed E-state index contributed by atoms with van der Waals surface area (Å²) >= 11 is 6.18. The molecule has 10 heteroatoms. The summed E-state index contributed by atoms with van der Waals surface area (Å²) in [7, 11) is -4.13. The summed E-state index contributed by atoms with van der Waals surface area (Å²) < 4.78 is 34.2. The van der Waals surface area contributed by atoms with Gasteiger partial charge in [-0.2, -0.15) is 0 Å². The maximum atomic E-state index is 13.9. The lowest BCUT2D eigenvalue weighted by Gasteiger charge is -2.32. The van der Waals surface area contributed by atoms with Crippen LogP contribution in [0.15, 0.2) is 83.8 Å². The zero-order valence-electron chi connectivity index (χ0n) is 23.0. The molecule has 0 aromatic heterocycles. The van der Waals surface area contributed by atoms with E-state index < -0.39 is 28.5 Å². The second kappa shape index (κ2) is 14.7. The molecule has 0 spiro atoms. The largest absolute Gasteiger partial charge is 0.494 e. The highest BCUT2D eigenvalue weighted by atomic mass is 35.5. The Morgan fingerprint density at radius 3 is 2.30 bits per heavy atom. The molecule has 0 fully saturated rings. The Morgan fingerprint density at radius 1 is 0.975 bits per heavy atom. The van der Waals surface area contributed by atoms with Gasteiger partial charge in [-0.1, -0.05) is 55.3 Å². The minimum atomic E-state index is -4.13. The number of anilines is 1. The molecule has 0 bridgehead atoms. The molecule has 3 aromatic carbocycles. The van der Waals surface area contributed by atoms with Crippen molar-refractivity contribution in [3.63, 3.8) is 0 Å². The lowest BCUT2D eigenvalue weighted by molar-refractivity contribution is -0.139. The first-order valence-electron chi connectivity index (χ1n) is 13.3. The number of halogens is 1. The van der Waals surface area contributed by atoms with E-state index >= 15 is 0 Å². The first kappa shape index (κ1) is 31.0. The van der Waals surface area contributed by atoms with Crippen molar-refractivity contribution in [3.8, 4) is 5.75 Å². The lowest BCUT2D eigenvalue weighted by atomic mass is 10.1. The van der Waals surface area contributed by atoms with Crippen molar-refractivity contribution in [3.05, 3.63) is 89.4 Å². The Hall–Kier alpha value is -3.56. The van der Waals surface area contributed by atoms with E-state index in [1.54, 1.807) is 73.7 Å². The molecule has 8 nitrogen and oxygen atoms in total. The van der Waals surface area contributed by atoms with E-state index in [4.69, 9.17) is 16.3 Å². The Bertz CT molecular complexity index is 1370. The highest BCUT2D eigenvalue weighted by Gasteiger charge is 2.32. The minimum absolute atomic E-state index is 0.0448. The first-order chi connectivity index (χ1) is 19.2. The molecule has 3 aromatic rings. The molecule has 0 saturated heterocycles. The number of nitrogens with zero attached hydrogens (tertiary/aromatic N) is 2. The van der Waals surface area contributed by atoms with Gasteiger partial charge >= 0.3 is 0 Å². The van der Waals surface area contributed by atoms with Crippen LogP contribution in [0.25, 0.3) is 0 Å². The maximum Gasteiger partial charge on any atom is 0.264 e. The molecule has 3 rings (SSSR count). The molecule has 1 N–H and O–H groups in total. The van der Waals surface area contributed by atoms with Gasteiger partial charge in [-0.15, -0.1) is 0 Å². The van der Waals surface area contributed by atoms with Crippen LogP contribution in [0.1, 0.15) is 39.2 Å². The fourth-order valence-electron chi connectivity index (χ4n) is 4.07. The third-order valence-corrected chi connectivity index (χ3v) is 8.31. The molecular formula is C30H36ClN3O5S. The summed E-state index contributed by atoms with van der Waals surface area (Å²) in [6.07, 6.45) is 1.72. The van der Waals surface area contributed by atoms with Gasteiger partial charge in [0.2, 0.25) is 11.8 Å². The van der Waals surface area contributed by atoms with Gasteiger partial charge in [0.15, 0.2) is 0 Å². The number of nitrogens with one attached hydrogen (secondary N) is 1. The topological polar surface area (TPSA) is 96.0 Å². The fraction of sp³-hybridized carbons (Fsp3) is 0.333. The van der Waals surface area contributed by atoms with Gasteiger partial charge in [-0.25, -0.2) is 8.42 Å². The number of sulfonamides is 1. The predicted octanol–water partition coefficient (Wildman–Crippen LogP) is 5.27. The molecule has 0 heterocycles. The zero-order chi connectivity index (χ0) is 29.1. The third-order valence-electron chi connectivity index (χ3n) is 6.28. The summed E-state index contributed by atoms with van der Waals surface area (Å²) in [6, 6.07) is 20.6. The van der Waals surface area contributed by atoms with Crippen LogP contribution in [0.2, 0.25) is 5.02 Å². The number of benzene rings is 3. The number of carbonyl (C=O) groups excluding carboxylic acids is 2. The number of hydrogen-bond donors (Lipinski definition) is 1. The predicted molar refractivity (Wildman–Crippen MR) is 158 cm³/mol. The second-order valence-corrected chi connectivity index (χ2v) is 11.5. The number of amides is 2. The van der Waals surface area contributed by atoms with Gasteiger partial charge in [0, 0.05) is 18.1 Å². The summed E-state index contributed by atoms with van der Waals surface area (Å²) in [6.45, 7) is 6.01. The first-order valence-corrected chi connectivity index (χ1v) is 15.1. The van der Waals surface area contributed by atoms with Crippen molar-refractivity contribution in [1.29, 1.82) is 0 Å². The van der Waals surface area contributed by atoms with Crippen LogP contribution in [-0.2, 0) is 26.2 Å². The lowest BCUT2D eigenvalue weighted by Crippen LogP contribution is -2.51. The monoisotopic (exact) mass is 585 g/mol. The second-order valence-electron chi connectivity index (χ2n) is 9.22. The van der Waals surface area contributed by atoms with E-state index in [9.17, 15) is 18.0 Å². The molecule has 2 amide bonds. The molecule has 214 valence electrons. The van der Waals surface area contributed by atoms with Crippen LogP contribution in [-0.4, -0.2) is 50.9 Å². The Balaban J connectivity index is 1.99. The number of unbranched alkanes of at least 4 members (excludes halogenated alkanes) is 1. The minimum Gasteiger partial charge on any atom is -0.494 e. The molecule has 0 aliphatic heterocycles. The molecule has 0 saturated carbocycles. The normalized spacial score (nSPS) is 11.9. The summed E-state index contributed by atoms with van der Waals surface area (Å²) in [5.41, 5.74) is 1.01. The van der Waals surface area contributed by atoms with Crippen LogP contribution in [0.3, 0.4) is 0 Å². The molecule has 0 radical (unpaired) electrons. The Labute approximate surface area is 241 Å². The molecule has 0 aliphatic rings. The highest BCUT2D eigenvalue weighted by Crippen LogP contribution is 2.26. The van der Waals surface area contributed by atoms with E-state index in [2.05, 4.69) is 5.32 Å².